The predicted octanol–water partition coefficient (Wildman–Crippen LogP) is 2.58. The Balaban J connectivity index is 1.98. The Labute approximate surface area is 132 Å². The second-order valence-corrected chi connectivity index (χ2v) is 6.82. The molecule has 0 fully saturated rings. The average Bonchev–Trinajstić information content (AvgIpc) is 2.76. The summed E-state index contributed by atoms with van der Waals surface area (Å²) in [6, 6.07) is 6.14. The van der Waals surface area contributed by atoms with Crippen molar-refractivity contribution in [2.45, 2.75) is 51.7 Å². The van der Waals surface area contributed by atoms with E-state index < -0.39 is 11.7 Å². The van der Waals surface area contributed by atoms with E-state index in [4.69, 9.17) is 15.2 Å². The lowest BCUT2D eigenvalue weighted by Gasteiger charge is -2.22. The first kappa shape index (κ1) is 16.6. The van der Waals surface area contributed by atoms with E-state index >= 15 is 0 Å². The number of carbonyl (C=O) groups is 1. The summed E-state index contributed by atoms with van der Waals surface area (Å²) in [5.74, 6) is 1.01. The van der Waals surface area contributed by atoms with Gasteiger partial charge in [-0.15, -0.1) is 0 Å². The lowest BCUT2D eigenvalue weighted by atomic mass is 9.96. The molecule has 1 aliphatic heterocycles. The van der Waals surface area contributed by atoms with Crippen LogP contribution >= 0.6 is 0 Å². The van der Waals surface area contributed by atoms with Crippen LogP contribution in [0.25, 0.3) is 0 Å². The topological polar surface area (TPSA) is 73.6 Å². The second kappa shape index (κ2) is 6.57. The molecule has 0 saturated heterocycles. The van der Waals surface area contributed by atoms with Crippen LogP contribution in [-0.4, -0.2) is 30.9 Å². The molecule has 22 heavy (non-hydrogen) atoms. The first-order valence-corrected chi connectivity index (χ1v) is 7.75. The van der Waals surface area contributed by atoms with E-state index in [1.165, 1.54) is 5.56 Å². The van der Waals surface area contributed by atoms with Crippen molar-refractivity contribution < 1.29 is 14.3 Å². The number of amides is 1. The van der Waals surface area contributed by atoms with Gasteiger partial charge in [-0.25, -0.2) is 4.79 Å². The third-order valence-corrected chi connectivity index (χ3v) is 3.57. The van der Waals surface area contributed by atoms with Crippen molar-refractivity contribution in [2.75, 3.05) is 13.1 Å². The van der Waals surface area contributed by atoms with Gasteiger partial charge in [-0.3, -0.25) is 0 Å². The molecule has 1 amide bonds. The summed E-state index contributed by atoms with van der Waals surface area (Å²) >= 11 is 0. The lowest BCUT2D eigenvalue weighted by Crippen LogP contribution is -2.36. The van der Waals surface area contributed by atoms with Gasteiger partial charge in [0, 0.05) is 25.4 Å². The van der Waals surface area contributed by atoms with Crippen molar-refractivity contribution in [3.05, 3.63) is 29.3 Å². The summed E-state index contributed by atoms with van der Waals surface area (Å²) in [7, 11) is 0. The van der Waals surface area contributed by atoms with E-state index in [1.54, 1.807) is 0 Å². The molecule has 1 aromatic rings. The van der Waals surface area contributed by atoms with E-state index in [0.29, 0.717) is 13.1 Å². The Kier molecular flexibility index (Phi) is 4.96. The van der Waals surface area contributed by atoms with Crippen LogP contribution in [0.5, 0.6) is 5.75 Å². The molecule has 122 valence electrons. The molecule has 5 heteroatoms. The minimum atomic E-state index is -0.497. The molecule has 3 N–H and O–H groups in total. The lowest BCUT2D eigenvalue weighted by molar-refractivity contribution is 0.0525. The van der Waals surface area contributed by atoms with Crippen LogP contribution in [0.1, 0.15) is 44.7 Å². The summed E-state index contributed by atoms with van der Waals surface area (Å²) in [6.07, 6.45) is 0.727. The molecule has 1 aromatic carbocycles. The van der Waals surface area contributed by atoms with Crippen LogP contribution in [0.4, 0.5) is 4.79 Å². The van der Waals surface area contributed by atoms with Gasteiger partial charge >= 0.3 is 6.09 Å². The van der Waals surface area contributed by atoms with Crippen LogP contribution in [-0.2, 0) is 11.2 Å². The molecule has 0 aromatic heterocycles. The van der Waals surface area contributed by atoms with Gasteiger partial charge in [0.15, 0.2) is 0 Å². The van der Waals surface area contributed by atoms with Gasteiger partial charge in [-0.1, -0.05) is 12.1 Å². The number of fused-ring (bicyclic) bond motifs is 1. The SMILES string of the molecule is CC1Cc2cc(C(CN)CNC(=O)OC(C)(C)C)ccc2O1. The zero-order chi connectivity index (χ0) is 16.3. The van der Waals surface area contributed by atoms with Gasteiger partial charge < -0.3 is 20.5 Å². The van der Waals surface area contributed by atoms with Crippen molar-refractivity contribution in [3.63, 3.8) is 0 Å². The van der Waals surface area contributed by atoms with Crippen LogP contribution in [0.3, 0.4) is 0 Å². The Hall–Kier alpha value is -1.75. The largest absolute Gasteiger partial charge is 0.490 e. The smallest absolute Gasteiger partial charge is 0.407 e. The second-order valence-electron chi connectivity index (χ2n) is 6.82. The zero-order valence-corrected chi connectivity index (χ0v) is 13.8. The van der Waals surface area contributed by atoms with Crippen LogP contribution < -0.4 is 15.8 Å². The molecule has 1 heterocycles. The molecule has 0 bridgehead atoms. The fourth-order valence-electron chi connectivity index (χ4n) is 2.55. The zero-order valence-electron chi connectivity index (χ0n) is 13.8. The van der Waals surface area contributed by atoms with Crippen LogP contribution in [0.15, 0.2) is 18.2 Å². The van der Waals surface area contributed by atoms with Gasteiger partial charge in [0.05, 0.1) is 0 Å². The number of carbonyl (C=O) groups excluding carboxylic acids is 1. The standard InChI is InChI=1S/C17H26N2O3/c1-11-7-13-8-12(5-6-15(13)21-11)14(9-18)10-19-16(20)22-17(2,3)4/h5-6,8,11,14H,7,9-10,18H2,1-4H3,(H,19,20). The van der Waals surface area contributed by atoms with E-state index in [2.05, 4.69) is 18.3 Å². The van der Waals surface area contributed by atoms with Gasteiger partial charge in [-0.05, 0) is 44.9 Å². The molecule has 2 atom stereocenters. The molecular formula is C17H26N2O3. The molecule has 0 aliphatic carbocycles. The van der Waals surface area contributed by atoms with E-state index in [1.807, 2.05) is 32.9 Å². The number of benzene rings is 1. The Morgan fingerprint density at radius 1 is 1.50 bits per heavy atom. The monoisotopic (exact) mass is 306 g/mol. The maximum atomic E-state index is 11.7. The van der Waals surface area contributed by atoms with E-state index in [9.17, 15) is 4.79 Å². The highest BCUT2D eigenvalue weighted by Crippen LogP contribution is 2.31. The third-order valence-electron chi connectivity index (χ3n) is 3.57. The number of alkyl carbamates (subject to hydrolysis) is 1. The minimum absolute atomic E-state index is 0.0636. The number of nitrogens with two attached hydrogens (primary N) is 1. The quantitative estimate of drug-likeness (QED) is 0.896. The van der Waals surface area contributed by atoms with Crippen molar-refractivity contribution in [1.29, 1.82) is 0 Å². The molecule has 0 spiro atoms. The minimum Gasteiger partial charge on any atom is -0.490 e. The maximum Gasteiger partial charge on any atom is 0.407 e. The number of nitrogens with one attached hydrogen (secondary N) is 1. The number of hydrogen-bond acceptors (Lipinski definition) is 4. The van der Waals surface area contributed by atoms with Gasteiger partial charge in [0.1, 0.15) is 17.5 Å². The molecule has 0 radical (unpaired) electrons. The Morgan fingerprint density at radius 2 is 2.23 bits per heavy atom. The van der Waals surface area contributed by atoms with E-state index in [-0.39, 0.29) is 12.0 Å². The Morgan fingerprint density at radius 3 is 2.86 bits per heavy atom. The van der Waals surface area contributed by atoms with Crippen molar-refractivity contribution in [2.24, 2.45) is 5.73 Å². The highest BCUT2D eigenvalue weighted by atomic mass is 16.6. The summed E-state index contributed by atoms with van der Waals surface area (Å²) < 4.78 is 11.0. The number of hydrogen-bond donors (Lipinski definition) is 2. The van der Waals surface area contributed by atoms with Crippen LogP contribution in [0, 0.1) is 0 Å². The molecular weight excluding hydrogens is 280 g/mol. The first-order chi connectivity index (χ1) is 10.3. The highest BCUT2D eigenvalue weighted by Gasteiger charge is 2.22. The fourth-order valence-corrected chi connectivity index (χ4v) is 2.55. The van der Waals surface area contributed by atoms with Crippen molar-refractivity contribution in [1.82, 2.24) is 5.32 Å². The van der Waals surface area contributed by atoms with Gasteiger partial charge in [0.25, 0.3) is 0 Å². The third kappa shape index (κ3) is 4.37. The molecule has 2 rings (SSSR count). The molecule has 1 aliphatic rings. The first-order valence-electron chi connectivity index (χ1n) is 7.75. The van der Waals surface area contributed by atoms with Gasteiger partial charge in [0.2, 0.25) is 0 Å². The fraction of sp³-hybridized carbons (Fsp3) is 0.588. The van der Waals surface area contributed by atoms with Crippen molar-refractivity contribution >= 4 is 6.09 Å². The van der Waals surface area contributed by atoms with Gasteiger partial charge in [-0.2, -0.15) is 0 Å². The van der Waals surface area contributed by atoms with Crippen LogP contribution in [0.2, 0.25) is 0 Å². The molecule has 5 nitrogen and oxygen atoms in total. The average molecular weight is 306 g/mol. The predicted molar refractivity (Wildman–Crippen MR) is 86.3 cm³/mol. The van der Waals surface area contributed by atoms with Crippen molar-refractivity contribution in [3.8, 4) is 5.75 Å². The number of rotatable bonds is 4. The molecule has 0 saturated carbocycles. The summed E-state index contributed by atoms with van der Waals surface area (Å²) in [5, 5.41) is 2.79. The molecule has 2 unspecified atom stereocenters. The maximum absolute atomic E-state index is 11.7. The Bertz CT molecular complexity index is 537. The van der Waals surface area contributed by atoms with E-state index in [0.717, 1.165) is 17.7 Å². The summed E-state index contributed by atoms with van der Waals surface area (Å²) in [5.41, 5.74) is 7.70. The number of ether oxygens (including phenoxy) is 2. The summed E-state index contributed by atoms with van der Waals surface area (Å²) in [6.45, 7) is 8.51. The summed E-state index contributed by atoms with van der Waals surface area (Å²) in [4.78, 5) is 11.7. The highest BCUT2D eigenvalue weighted by molar-refractivity contribution is 5.67. The normalized spacial score (nSPS) is 18.3.